The van der Waals surface area contributed by atoms with Crippen LogP contribution < -0.4 is 0 Å². The zero-order chi connectivity index (χ0) is 15.3. The van der Waals surface area contributed by atoms with Gasteiger partial charge in [0.2, 0.25) is 0 Å². The van der Waals surface area contributed by atoms with E-state index in [4.69, 9.17) is 0 Å². The minimum atomic E-state index is -0.249. The van der Waals surface area contributed by atoms with Gasteiger partial charge in [-0.2, -0.15) is 0 Å². The fourth-order valence-electron chi connectivity index (χ4n) is 2.75. The molecule has 1 N–H and O–H groups in total. The van der Waals surface area contributed by atoms with Crippen LogP contribution in [0.15, 0.2) is 29.4 Å². The first-order chi connectivity index (χ1) is 9.96. The van der Waals surface area contributed by atoms with Gasteiger partial charge < -0.3 is 5.11 Å². The highest BCUT2D eigenvalue weighted by Gasteiger charge is 2.33. The second kappa shape index (κ2) is 7.89. The quantitative estimate of drug-likeness (QED) is 0.612. The van der Waals surface area contributed by atoms with Crippen molar-refractivity contribution in [2.45, 2.75) is 73.3 Å². The van der Waals surface area contributed by atoms with E-state index in [1.165, 1.54) is 32.1 Å². The van der Waals surface area contributed by atoms with Gasteiger partial charge in [-0.05, 0) is 30.9 Å². The number of hydrogen-bond donors (Lipinski definition) is 1. The van der Waals surface area contributed by atoms with E-state index in [9.17, 15) is 5.11 Å². The molecule has 1 aliphatic carbocycles. The largest absolute Gasteiger partial charge is 0.391 e. The van der Waals surface area contributed by atoms with Crippen molar-refractivity contribution in [3.05, 3.63) is 24.4 Å². The zero-order valence-electron chi connectivity index (χ0n) is 13.3. The van der Waals surface area contributed by atoms with E-state index in [1.807, 2.05) is 36.2 Å². The van der Waals surface area contributed by atoms with Crippen molar-refractivity contribution in [2.75, 3.05) is 0 Å². The van der Waals surface area contributed by atoms with E-state index < -0.39 is 0 Å². The lowest BCUT2D eigenvalue weighted by atomic mass is 9.86. The molecule has 0 amide bonds. The van der Waals surface area contributed by atoms with Crippen LogP contribution in [-0.2, 0) is 0 Å². The molecule has 0 radical (unpaired) electrons. The summed E-state index contributed by atoms with van der Waals surface area (Å²) in [5, 5.41) is 11.9. The summed E-state index contributed by atoms with van der Waals surface area (Å²) in [7, 11) is 0. The van der Waals surface area contributed by atoms with Gasteiger partial charge in [0.25, 0.3) is 0 Å². The third kappa shape index (κ3) is 5.84. The average molecular weight is 326 g/mol. The Hall–Kier alpha value is -0.190. The standard InChI is InChI=1S/C17H27NOS2/c1-17(2,3)21-16(20-14-11-7-8-12-18-14)15(19)13-9-5-4-6-10-13/h7-8,11-13,15-16,19H,4-6,9-10H2,1-3H3/t15-,16-/m1/s1. The second-order valence-electron chi connectivity index (χ2n) is 6.77. The van der Waals surface area contributed by atoms with Crippen molar-refractivity contribution in [1.29, 1.82) is 0 Å². The molecule has 1 aliphatic rings. The Morgan fingerprint density at radius 3 is 2.48 bits per heavy atom. The van der Waals surface area contributed by atoms with Crippen molar-refractivity contribution in [3.8, 4) is 0 Å². The van der Waals surface area contributed by atoms with E-state index in [-0.39, 0.29) is 15.4 Å². The van der Waals surface area contributed by atoms with Gasteiger partial charge in [0, 0.05) is 10.9 Å². The highest BCUT2D eigenvalue weighted by molar-refractivity contribution is 8.17. The Kier molecular flexibility index (Phi) is 6.45. The summed E-state index contributed by atoms with van der Waals surface area (Å²) < 4.78 is 0.297. The van der Waals surface area contributed by atoms with Gasteiger partial charge in [-0.1, -0.05) is 57.9 Å². The number of aromatic nitrogens is 1. The van der Waals surface area contributed by atoms with Crippen LogP contribution in [0, 0.1) is 5.92 Å². The lowest BCUT2D eigenvalue weighted by Gasteiger charge is -2.34. The van der Waals surface area contributed by atoms with Crippen molar-refractivity contribution >= 4 is 23.5 Å². The van der Waals surface area contributed by atoms with Crippen LogP contribution in [0.25, 0.3) is 0 Å². The monoisotopic (exact) mass is 325 g/mol. The molecule has 0 bridgehead atoms. The Labute approximate surface area is 137 Å². The normalized spacial score (nSPS) is 20.2. The van der Waals surface area contributed by atoms with Crippen LogP contribution in [0.1, 0.15) is 52.9 Å². The summed E-state index contributed by atoms with van der Waals surface area (Å²) in [5.41, 5.74) is 0. The summed E-state index contributed by atoms with van der Waals surface area (Å²) in [6, 6.07) is 5.99. The Bertz CT molecular complexity index is 413. The highest BCUT2D eigenvalue weighted by atomic mass is 32.2. The molecular weight excluding hydrogens is 298 g/mol. The Morgan fingerprint density at radius 1 is 1.19 bits per heavy atom. The number of thioether (sulfide) groups is 2. The van der Waals surface area contributed by atoms with Gasteiger partial charge in [-0.15, -0.1) is 11.8 Å². The van der Waals surface area contributed by atoms with Crippen LogP contribution >= 0.6 is 23.5 Å². The molecule has 0 aromatic carbocycles. The van der Waals surface area contributed by atoms with E-state index >= 15 is 0 Å². The zero-order valence-corrected chi connectivity index (χ0v) is 14.9. The minimum Gasteiger partial charge on any atom is -0.391 e. The van der Waals surface area contributed by atoms with Crippen LogP contribution in [0.2, 0.25) is 0 Å². The minimum absolute atomic E-state index is 0.141. The molecule has 1 saturated carbocycles. The molecule has 2 rings (SSSR count). The number of rotatable bonds is 5. The third-order valence-electron chi connectivity index (χ3n) is 3.76. The fourth-order valence-corrected chi connectivity index (χ4v) is 6.04. The lowest BCUT2D eigenvalue weighted by molar-refractivity contribution is 0.0985. The smallest absolute Gasteiger partial charge is 0.0971 e. The summed E-state index contributed by atoms with van der Waals surface area (Å²) >= 11 is 3.59. The van der Waals surface area contributed by atoms with Gasteiger partial charge in [0.1, 0.15) is 0 Å². The van der Waals surface area contributed by atoms with Crippen molar-refractivity contribution in [3.63, 3.8) is 0 Å². The number of aliphatic hydroxyl groups is 1. The number of pyridine rings is 1. The lowest BCUT2D eigenvalue weighted by Crippen LogP contribution is -2.33. The Morgan fingerprint density at radius 2 is 1.90 bits per heavy atom. The van der Waals surface area contributed by atoms with E-state index in [0.29, 0.717) is 5.92 Å². The third-order valence-corrected chi connectivity index (χ3v) is 6.55. The molecule has 1 aromatic rings. The van der Waals surface area contributed by atoms with Crippen molar-refractivity contribution in [2.24, 2.45) is 5.92 Å². The molecule has 0 unspecified atom stereocenters. The maximum Gasteiger partial charge on any atom is 0.0971 e. The SMILES string of the molecule is CC(C)(C)S[C@@H](Sc1ccccn1)[C@H](O)C1CCCCC1. The summed E-state index contributed by atoms with van der Waals surface area (Å²) in [4.78, 5) is 4.41. The molecule has 0 aliphatic heterocycles. The summed E-state index contributed by atoms with van der Waals surface area (Å²) in [5.74, 6) is 0.454. The first kappa shape index (κ1) is 17.2. The van der Waals surface area contributed by atoms with Crippen LogP contribution in [0.5, 0.6) is 0 Å². The Balaban J connectivity index is 2.07. The molecule has 2 atom stereocenters. The first-order valence-corrected chi connectivity index (χ1v) is 9.65. The average Bonchev–Trinajstić information content (AvgIpc) is 2.46. The van der Waals surface area contributed by atoms with Gasteiger partial charge in [0.15, 0.2) is 0 Å². The predicted octanol–water partition coefficient (Wildman–Crippen LogP) is 4.97. The topological polar surface area (TPSA) is 33.1 Å². The second-order valence-corrected chi connectivity index (χ2v) is 10.2. The van der Waals surface area contributed by atoms with Gasteiger partial charge in [-0.3, -0.25) is 0 Å². The summed E-state index contributed by atoms with van der Waals surface area (Å²) in [6.45, 7) is 6.66. The molecule has 21 heavy (non-hydrogen) atoms. The molecular formula is C17H27NOS2. The summed E-state index contributed by atoms with van der Waals surface area (Å²) in [6.07, 6.45) is 7.78. The van der Waals surface area contributed by atoms with Crippen molar-refractivity contribution < 1.29 is 5.11 Å². The molecule has 2 nitrogen and oxygen atoms in total. The molecule has 0 spiro atoms. The van der Waals surface area contributed by atoms with Crippen molar-refractivity contribution in [1.82, 2.24) is 4.98 Å². The highest BCUT2D eigenvalue weighted by Crippen LogP contribution is 2.43. The molecule has 118 valence electrons. The number of aliphatic hydroxyl groups excluding tert-OH is 1. The predicted molar refractivity (Wildman–Crippen MR) is 93.8 cm³/mol. The number of hydrogen-bond acceptors (Lipinski definition) is 4. The molecule has 1 aromatic heterocycles. The maximum atomic E-state index is 10.9. The van der Waals surface area contributed by atoms with E-state index in [0.717, 1.165) is 5.03 Å². The fraction of sp³-hybridized carbons (Fsp3) is 0.706. The van der Waals surface area contributed by atoms with E-state index in [1.54, 1.807) is 11.8 Å². The van der Waals surface area contributed by atoms with Gasteiger partial charge in [-0.25, -0.2) is 4.98 Å². The maximum absolute atomic E-state index is 10.9. The molecule has 1 heterocycles. The number of nitrogens with zero attached hydrogens (tertiary/aromatic N) is 1. The molecule has 1 fully saturated rings. The van der Waals surface area contributed by atoms with E-state index in [2.05, 4.69) is 25.8 Å². The van der Waals surface area contributed by atoms with Crippen LogP contribution in [0.4, 0.5) is 0 Å². The first-order valence-electron chi connectivity index (χ1n) is 7.89. The van der Waals surface area contributed by atoms with Gasteiger partial charge in [0.05, 0.1) is 15.7 Å². The van der Waals surface area contributed by atoms with Crippen LogP contribution in [-0.4, -0.2) is 25.5 Å². The molecule has 4 heteroatoms. The molecule has 0 saturated heterocycles. The van der Waals surface area contributed by atoms with Crippen LogP contribution in [0.3, 0.4) is 0 Å². The van der Waals surface area contributed by atoms with Gasteiger partial charge >= 0.3 is 0 Å².